The zero-order chi connectivity index (χ0) is 15.6. The van der Waals surface area contributed by atoms with Gasteiger partial charge in [0.25, 0.3) is 5.91 Å². The van der Waals surface area contributed by atoms with E-state index in [9.17, 15) is 4.79 Å². The first-order valence-electron chi connectivity index (χ1n) is 6.44. The Morgan fingerprint density at radius 3 is 2.57 bits per heavy atom. The summed E-state index contributed by atoms with van der Waals surface area (Å²) in [6, 6.07) is 9.09. The van der Waals surface area contributed by atoms with Gasteiger partial charge < -0.3 is 15.8 Å². The van der Waals surface area contributed by atoms with Crippen LogP contribution in [0.1, 0.15) is 21.5 Å². The number of carbonyl (C=O) groups is 1. The monoisotopic (exact) mass is 348 g/mol. The van der Waals surface area contributed by atoms with Gasteiger partial charge in [-0.05, 0) is 49.2 Å². The molecule has 0 unspecified atom stereocenters. The summed E-state index contributed by atoms with van der Waals surface area (Å²) in [5.74, 6) is 0.255. The van der Waals surface area contributed by atoms with Crippen LogP contribution >= 0.6 is 15.9 Å². The van der Waals surface area contributed by atoms with Gasteiger partial charge in [0.15, 0.2) is 0 Å². The van der Waals surface area contributed by atoms with Crippen LogP contribution in [-0.2, 0) is 0 Å². The second-order valence-electron chi connectivity index (χ2n) is 4.84. The second kappa shape index (κ2) is 6.18. The average molecular weight is 349 g/mol. The minimum Gasteiger partial charge on any atom is -0.496 e. The summed E-state index contributed by atoms with van der Waals surface area (Å²) in [5, 5.41) is 2.86. The molecule has 2 aromatic carbocycles. The van der Waals surface area contributed by atoms with Gasteiger partial charge in [-0.25, -0.2) is 0 Å². The molecular formula is C16H17BrN2O2. The first-order chi connectivity index (χ1) is 9.92. The number of benzene rings is 2. The smallest absolute Gasteiger partial charge is 0.259 e. The zero-order valence-corrected chi connectivity index (χ0v) is 13.7. The molecule has 5 heteroatoms. The maximum Gasteiger partial charge on any atom is 0.259 e. The van der Waals surface area contributed by atoms with Gasteiger partial charge in [-0.3, -0.25) is 4.79 Å². The Hall–Kier alpha value is -2.01. The Balaban J connectivity index is 2.37. The molecule has 0 aliphatic rings. The van der Waals surface area contributed by atoms with Gasteiger partial charge in [0, 0.05) is 4.47 Å². The number of nitrogens with two attached hydrogens (primary N) is 1. The highest BCUT2D eigenvalue weighted by Crippen LogP contribution is 2.28. The highest BCUT2D eigenvalue weighted by molar-refractivity contribution is 9.10. The predicted octanol–water partition coefficient (Wildman–Crippen LogP) is 3.91. The fraction of sp³-hybridized carbons (Fsp3) is 0.188. The minimum absolute atomic E-state index is 0.258. The number of nitrogen functional groups attached to an aromatic ring is 1. The molecule has 0 aromatic heterocycles. The predicted molar refractivity (Wildman–Crippen MR) is 89.0 cm³/mol. The largest absolute Gasteiger partial charge is 0.496 e. The van der Waals surface area contributed by atoms with Crippen molar-refractivity contribution in [2.24, 2.45) is 0 Å². The van der Waals surface area contributed by atoms with Crippen LogP contribution in [0.4, 0.5) is 11.4 Å². The van der Waals surface area contributed by atoms with Crippen LogP contribution in [0.2, 0.25) is 0 Å². The molecule has 0 heterocycles. The lowest BCUT2D eigenvalue weighted by molar-refractivity contribution is 0.102. The molecule has 0 saturated heterocycles. The van der Waals surface area contributed by atoms with Crippen molar-refractivity contribution < 1.29 is 9.53 Å². The molecule has 110 valence electrons. The molecule has 0 aliphatic heterocycles. The lowest BCUT2D eigenvalue weighted by atomic mass is 10.1. The standard InChI is InChI=1S/C16H17BrN2O2/c1-9-6-10(2)15(13(18)7-9)19-16(20)12-8-11(17)4-5-14(12)21-3/h4-8H,18H2,1-3H3,(H,19,20). The van der Waals surface area contributed by atoms with Crippen molar-refractivity contribution >= 4 is 33.2 Å². The maximum absolute atomic E-state index is 12.5. The van der Waals surface area contributed by atoms with Gasteiger partial charge in [0.05, 0.1) is 24.0 Å². The number of aryl methyl sites for hydroxylation is 2. The maximum atomic E-state index is 12.5. The van der Waals surface area contributed by atoms with Gasteiger partial charge in [-0.15, -0.1) is 0 Å². The Morgan fingerprint density at radius 2 is 1.95 bits per heavy atom. The van der Waals surface area contributed by atoms with E-state index in [1.165, 1.54) is 7.11 Å². The summed E-state index contributed by atoms with van der Waals surface area (Å²) in [6.45, 7) is 3.88. The van der Waals surface area contributed by atoms with Crippen LogP contribution < -0.4 is 15.8 Å². The van der Waals surface area contributed by atoms with Gasteiger partial charge in [0.2, 0.25) is 0 Å². The number of carbonyl (C=O) groups excluding carboxylic acids is 1. The third-order valence-corrected chi connectivity index (χ3v) is 3.65. The molecule has 0 saturated carbocycles. The second-order valence-corrected chi connectivity index (χ2v) is 5.76. The van der Waals surface area contributed by atoms with Gasteiger partial charge in [0.1, 0.15) is 5.75 Å². The number of methoxy groups -OCH3 is 1. The third-order valence-electron chi connectivity index (χ3n) is 3.16. The van der Waals surface area contributed by atoms with E-state index < -0.39 is 0 Å². The number of anilines is 2. The molecular weight excluding hydrogens is 332 g/mol. The molecule has 0 spiro atoms. The van der Waals surface area contributed by atoms with E-state index in [1.54, 1.807) is 12.1 Å². The van der Waals surface area contributed by atoms with E-state index in [4.69, 9.17) is 10.5 Å². The Bertz CT molecular complexity index is 676. The molecule has 0 radical (unpaired) electrons. The summed E-state index contributed by atoms with van der Waals surface area (Å²) in [6.07, 6.45) is 0. The molecule has 21 heavy (non-hydrogen) atoms. The number of hydrogen-bond acceptors (Lipinski definition) is 3. The van der Waals surface area contributed by atoms with E-state index in [0.717, 1.165) is 15.6 Å². The molecule has 0 atom stereocenters. The van der Waals surface area contributed by atoms with Crippen molar-refractivity contribution in [3.05, 3.63) is 51.5 Å². The highest BCUT2D eigenvalue weighted by Gasteiger charge is 2.15. The van der Waals surface area contributed by atoms with Crippen LogP contribution in [-0.4, -0.2) is 13.0 Å². The summed E-state index contributed by atoms with van der Waals surface area (Å²) in [5.41, 5.74) is 9.61. The molecule has 0 bridgehead atoms. The van der Waals surface area contributed by atoms with Crippen LogP contribution in [0.3, 0.4) is 0 Å². The zero-order valence-electron chi connectivity index (χ0n) is 12.2. The summed E-state index contributed by atoms with van der Waals surface area (Å²) in [4.78, 5) is 12.5. The van der Waals surface area contributed by atoms with E-state index in [0.29, 0.717) is 22.7 Å². The van der Waals surface area contributed by atoms with E-state index in [1.807, 2.05) is 32.0 Å². The first kappa shape index (κ1) is 15.4. The SMILES string of the molecule is COc1ccc(Br)cc1C(=O)Nc1c(C)cc(C)cc1N. The molecule has 2 rings (SSSR count). The van der Waals surface area contributed by atoms with Crippen molar-refractivity contribution in [2.45, 2.75) is 13.8 Å². The molecule has 2 aromatic rings. The normalized spacial score (nSPS) is 10.3. The number of hydrogen-bond donors (Lipinski definition) is 2. The van der Waals surface area contributed by atoms with Crippen molar-refractivity contribution in [1.82, 2.24) is 0 Å². The van der Waals surface area contributed by atoms with Crippen molar-refractivity contribution in [3.63, 3.8) is 0 Å². The minimum atomic E-state index is -0.258. The van der Waals surface area contributed by atoms with Crippen LogP contribution in [0.25, 0.3) is 0 Å². The van der Waals surface area contributed by atoms with E-state index >= 15 is 0 Å². The average Bonchev–Trinajstić information content (AvgIpc) is 2.42. The fourth-order valence-corrected chi connectivity index (χ4v) is 2.57. The van der Waals surface area contributed by atoms with Crippen molar-refractivity contribution in [1.29, 1.82) is 0 Å². The van der Waals surface area contributed by atoms with Gasteiger partial charge >= 0.3 is 0 Å². The van der Waals surface area contributed by atoms with E-state index in [-0.39, 0.29) is 5.91 Å². The fourth-order valence-electron chi connectivity index (χ4n) is 2.21. The first-order valence-corrected chi connectivity index (χ1v) is 7.23. The molecule has 0 aliphatic carbocycles. The number of rotatable bonds is 3. The Kier molecular flexibility index (Phi) is 4.53. The van der Waals surface area contributed by atoms with Crippen LogP contribution in [0.5, 0.6) is 5.75 Å². The van der Waals surface area contributed by atoms with Gasteiger partial charge in [-0.2, -0.15) is 0 Å². The highest BCUT2D eigenvalue weighted by atomic mass is 79.9. The van der Waals surface area contributed by atoms with Gasteiger partial charge in [-0.1, -0.05) is 22.0 Å². The lowest BCUT2D eigenvalue weighted by Crippen LogP contribution is -2.15. The summed E-state index contributed by atoms with van der Waals surface area (Å²) >= 11 is 3.36. The number of ether oxygens (including phenoxy) is 1. The van der Waals surface area contributed by atoms with E-state index in [2.05, 4.69) is 21.2 Å². The number of nitrogens with one attached hydrogen (secondary N) is 1. The quantitative estimate of drug-likeness (QED) is 0.826. The summed E-state index contributed by atoms with van der Waals surface area (Å²) < 4.78 is 6.03. The Morgan fingerprint density at radius 1 is 1.24 bits per heavy atom. The van der Waals surface area contributed by atoms with Crippen LogP contribution in [0, 0.1) is 13.8 Å². The Labute approximate surface area is 132 Å². The van der Waals surface area contributed by atoms with Crippen molar-refractivity contribution in [2.75, 3.05) is 18.2 Å². The molecule has 0 fully saturated rings. The lowest BCUT2D eigenvalue weighted by Gasteiger charge is -2.14. The molecule has 1 amide bonds. The molecule has 4 nitrogen and oxygen atoms in total. The molecule has 3 N–H and O–H groups in total. The van der Waals surface area contributed by atoms with Crippen LogP contribution in [0.15, 0.2) is 34.8 Å². The number of halogens is 1. The third kappa shape index (κ3) is 3.36. The topological polar surface area (TPSA) is 64.3 Å². The summed E-state index contributed by atoms with van der Waals surface area (Å²) in [7, 11) is 1.53. The number of amides is 1. The van der Waals surface area contributed by atoms with Crippen molar-refractivity contribution in [3.8, 4) is 5.75 Å².